The van der Waals surface area contributed by atoms with Crippen LogP contribution >= 0.6 is 24.0 Å². The summed E-state index contributed by atoms with van der Waals surface area (Å²) in [5.41, 5.74) is 0. The fourth-order valence-corrected chi connectivity index (χ4v) is 2.73. The molecular weight excluding hydrogens is 176 g/mol. The molecule has 1 fully saturated rings. The number of hydrogen-bond donors (Lipinski definition) is 0. The van der Waals surface area contributed by atoms with Crippen molar-refractivity contribution in [3.63, 3.8) is 0 Å². The number of rotatable bonds is 3. The van der Waals surface area contributed by atoms with E-state index in [9.17, 15) is 4.79 Å². The average molecular weight is 188 g/mol. The molecule has 3 heteroatoms. The van der Waals surface area contributed by atoms with Crippen LogP contribution in [-0.2, 0) is 4.79 Å². The van der Waals surface area contributed by atoms with Gasteiger partial charge in [-0.1, -0.05) is 37.3 Å². The molecule has 0 aromatic carbocycles. The molecule has 11 heavy (non-hydrogen) atoms. The molecule has 0 radical (unpaired) electrons. The fraction of sp³-hybridized carbons (Fsp3) is 0.750. The lowest BCUT2D eigenvalue weighted by molar-refractivity contribution is -0.112. The Balaban J connectivity index is 2.46. The van der Waals surface area contributed by atoms with Gasteiger partial charge in [-0.15, -0.1) is 0 Å². The third-order valence-corrected chi connectivity index (χ3v) is 3.32. The van der Waals surface area contributed by atoms with Crippen LogP contribution in [0.4, 0.5) is 0 Å². The Morgan fingerprint density at radius 2 is 2.55 bits per heavy atom. The molecule has 0 N–H and O–H groups in total. The van der Waals surface area contributed by atoms with Crippen molar-refractivity contribution in [2.45, 2.75) is 26.2 Å². The molecule has 0 aromatic rings. The van der Waals surface area contributed by atoms with Gasteiger partial charge in [0.15, 0.2) is 5.12 Å². The van der Waals surface area contributed by atoms with E-state index in [0.29, 0.717) is 5.12 Å². The molecule has 0 aliphatic carbocycles. The first-order valence-electron chi connectivity index (χ1n) is 3.95. The van der Waals surface area contributed by atoms with Crippen molar-refractivity contribution in [2.75, 3.05) is 5.75 Å². The summed E-state index contributed by atoms with van der Waals surface area (Å²) in [4.78, 5) is 12.1. The molecule has 0 bridgehead atoms. The fourth-order valence-electron chi connectivity index (χ4n) is 1.21. The first-order valence-corrected chi connectivity index (χ1v) is 5.34. The maximum atomic E-state index is 11.2. The molecule has 1 saturated heterocycles. The van der Waals surface area contributed by atoms with E-state index in [0.717, 1.165) is 29.9 Å². The normalized spacial score (nSPS) is 24.1. The molecule has 1 aliphatic rings. The minimum atomic E-state index is 0.106. The van der Waals surface area contributed by atoms with Gasteiger partial charge in [-0.3, -0.25) is 4.79 Å². The lowest BCUT2D eigenvalue weighted by atomic mass is 10.0. The monoisotopic (exact) mass is 188 g/mol. The minimum absolute atomic E-state index is 0.106. The Morgan fingerprint density at radius 1 is 1.82 bits per heavy atom. The summed E-state index contributed by atoms with van der Waals surface area (Å²) in [6.07, 6.45) is 2.97. The highest BCUT2D eigenvalue weighted by Gasteiger charge is 2.27. The van der Waals surface area contributed by atoms with E-state index in [1.165, 1.54) is 11.8 Å². The molecule has 0 spiro atoms. The highest BCUT2D eigenvalue weighted by molar-refractivity contribution is 8.14. The van der Waals surface area contributed by atoms with Crippen LogP contribution in [0.3, 0.4) is 0 Å². The summed E-state index contributed by atoms with van der Waals surface area (Å²) >= 11 is 6.59. The van der Waals surface area contributed by atoms with Crippen LogP contribution in [0.5, 0.6) is 0 Å². The van der Waals surface area contributed by atoms with E-state index in [1.54, 1.807) is 0 Å². The van der Waals surface area contributed by atoms with Crippen molar-refractivity contribution in [3.8, 4) is 0 Å². The minimum Gasteiger partial charge on any atom is -0.287 e. The van der Waals surface area contributed by atoms with Crippen LogP contribution in [0.1, 0.15) is 26.2 Å². The second-order valence-electron chi connectivity index (χ2n) is 2.73. The van der Waals surface area contributed by atoms with Crippen molar-refractivity contribution in [2.24, 2.45) is 5.92 Å². The van der Waals surface area contributed by atoms with Gasteiger partial charge >= 0.3 is 0 Å². The van der Waals surface area contributed by atoms with Gasteiger partial charge in [-0.05, 0) is 12.8 Å². The van der Waals surface area contributed by atoms with Crippen LogP contribution in [0.15, 0.2) is 0 Å². The molecule has 1 nitrogen and oxygen atoms in total. The highest BCUT2D eigenvalue weighted by Crippen LogP contribution is 2.28. The number of hydrogen-bond acceptors (Lipinski definition) is 3. The summed E-state index contributed by atoms with van der Waals surface area (Å²) in [5.74, 6) is 1.07. The summed E-state index contributed by atoms with van der Waals surface area (Å²) in [7, 11) is 0. The van der Waals surface area contributed by atoms with E-state index in [4.69, 9.17) is 12.2 Å². The average Bonchev–Trinajstić information content (AvgIpc) is 2.36. The molecule has 0 amide bonds. The lowest BCUT2D eigenvalue weighted by Crippen LogP contribution is -2.15. The summed E-state index contributed by atoms with van der Waals surface area (Å²) in [6.45, 7) is 2.10. The van der Waals surface area contributed by atoms with Crippen LogP contribution in [-0.4, -0.2) is 15.7 Å². The molecule has 1 rings (SSSR count). The first kappa shape index (κ1) is 9.20. The van der Waals surface area contributed by atoms with Gasteiger partial charge < -0.3 is 0 Å². The van der Waals surface area contributed by atoms with Crippen molar-refractivity contribution in [1.29, 1.82) is 0 Å². The molecular formula is C8H12OS2. The Morgan fingerprint density at radius 3 is 3.00 bits per heavy atom. The van der Waals surface area contributed by atoms with Crippen LogP contribution < -0.4 is 0 Å². The Bertz CT molecular complexity index is 177. The van der Waals surface area contributed by atoms with Crippen molar-refractivity contribution < 1.29 is 4.79 Å². The summed E-state index contributed by atoms with van der Waals surface area (Å²) in [6, 6.07) is 0. The molecule has 1 aliphatic heterocycles. The van der Waals surface area contributed by atoms with Crippen molar-refractivity contribution >= 4 is 34.0 Å². The second kappa shape index (κ2) is 4.21. The second-order valence-corrected chi connectivity index (χ2v) is 4.35. The quantitative estimate of drug-likeness (QED) is 0.633. The zero-order valence-electron chi connectivity index (χ0n) is 6.63. The SMILES string of the molecule is CCCC(=S)C1CCSC1=O. The molecule has 1 unspecified atom stereocenters. The summed E-state index contributed by atoms with van der Waals surface area (Å²) < 4.78 is 0. The molecule has 0 saturated carbocycles. The standard InChI is InChI=1S/C8H12OS2/c1-2-3-7(10)6-4-5-11-8(6)9/h6H,2-5H2,1H3. The zero-order chi connectivity index (χ0) is 8.27. The van der Waals surface area contributed by atoms with Gasteiger partial charge in [0.25, 0.3) is 0 Å². The van der Waals surface area contributed by atoms with Crippen LogP contribution in [0.25, 0.3) is 0 Å². The zero-order valence-corrected chi connectivity index (χ0v) is 8.26. The Kier molecular flexibility index (Phi) is 3.52. The number of carbonyl (C=O) groups excluding carboxylic acids is 1. The number of thioether (sulfide) groups is 1. The highest BCUT2D eigenvalue weighted by atomic mass is 32.2. The van der Waals surface area contributed by atoms with E-state index in [1.807, 2.05) is 0 Å². The van der Waals surface area contributed by atoms with Gasteiger partial charge in [0.05, 0.1) is 5.92 Å². The van der Waals surface area contributed by atoms with Crippen LogP contribution in [0.2, 0.25) is 0 Å². The van der Waals surface area contributed by atoms with Gasteiger partial charge in [-0.25, -0.2) is 0 Å². The molecule has 62 valence electrons. The van der Waals surface area contributed by atoms with E-state index < -0.39 is 0 Å². The number of carbonyl (C=O) groups is 1. The van der Waals surface area contributed by atoms with E-state index >= 15 is 0 Å². The van der Waals surface area contributed by atoms with Crippen LogP contribution in [0, 0.1) is 5.92 Å². The van der Waals surface area contributed by atoms with Gasteiger partial charge in [0.1, 0.15) is 0 Å². The molecule has 1 heterocycles. The van der Waals surface area contributed by atoms with Gasteiger partial charge in [0.2, 0.25) is 0 Å². The number of thiocarbonyl (C=S) groups is 1. The summed E-state index contributed by atoms with van der Waals surface area (Å²) in [5, 5.41) is 0.295. The topological polar surface area (TPSA) is 17.1 Å². The first-order chi connectivity index (χ1) is 5.25. The maximum absolute atomic E-state index is 11.2. The molecule has 0 aromatic heterocycles. The van der Waals surface area contributed by atoms with Gasteiger partial charge in [0, 0.05) is 10.6 Å². The van der Waals surface area contributed by atoms with Crippen molar-refractivity contribution in [1.82, 2.24) is 0 Å². The van der Waals surface area contributed by atoms with Gasteiger partial charge in [-0.2, -0.15) is 0 Å². The lowest BCUT2D eigenvalue weighted by Gasteiger charge is -2.06. The van der Waals surface area contributed by atoms with Crippen molar-refractivity contribution in [3.05, 3.63) is 0 Å². The smallest absolute Gasteiger partial charge is 0.196 e. The Labute approximate surface area is 76.9 Å². The maximum Gasteiger partial charge on any atom is 0.196 e. The Hall–Kier alpha value is 0.110. The predicted octanol–water partition coefficient (Wildman–Crippen LogP) is 2.44. The third-order valence-electron chi connectivity index (χ3n) is 1.82. The van der Waals surface area contributed by atoms with E-state index in [2.05, 4.69) is 6.92 Å². The third kappa shape index (κ3) is 2.27. The van der Waals surface area contributed by atoms with E-state index in [-0.39, 0.29) is 5.92 Å². The molecule has 1 atom stereocenters. The predicted molar refractivity (Wildman–Crippen MR) is 53.1 cm³/mol. The largest absolute Gasteiger partial charge is 0.287 e.